The lowest BCUT2D eigenvalue weighted by atomic mass is 10.0. The van der Waals surface area contributed by atoms with Crippen molar-refractivity contribution >= 4 is 22.5 Å². The van der Waals surface area contributed by atoms with Crippen LogP contribution in [0.4, 0.5) is 9.93 Å². The second-order valence-corrected chi connectivity index (χ2v) is 10.4. The summed E-state index contributed by atoms with van der Waals surface area (Å²) in [4.78, 5) is 24.9. The topological polar surface area (TPSA) is 88.0 Å². The van der Waals surface area contributed by atoms with Gasteiger partial charge in [0.15, 0.2) is 5.13 Å². The maximum atomic E-state index is 12.5. The highest BCUT2D eigenvalue weighted by Crippen LogP contribution is 2.43. The summed E-state index contributed by atoms with van der Waals surface area (Å²) in [5.41, 5.74) is 8.40. The molecule has 0 aliphatic heterocycles. The minimum absolute atomic E-state index is 0.236. The van der Waals surface area contributed by atoms with Gasteiger partial charge in [-0.3, -0.25) is 10.3 Å². The van der Waals surface area contributed by atoms with E-state index >= 15 is 0 Å². The Morgan fingerprint density at radius 3 is 2.72 bits per heavy atom. The molecule has 0 bridgehead atoms. The van der Waals surface area contributed by atoms with Gasteiger partial charge in [0.2, 0.25) is 0 Å². The van der Waals surface area contributed by atoms with Crippen LogP contribution in [0.1, 0.15) is 28.9 Å². The monoisotopic (exact) mass is 501 g/mol. The summed E-state index contributed by atoms with van der Waals surface area (Å²) in [6, 6.07) is 12.2. The van der Waals surface area contributed by atoms with Crippen LogP contribution >= 0.6 is 11.3 Å². The first-order valence-electron chi connectivity index (χ1n) is 12.2. The van der Waals surface area contributed by atoms with Gasteiger partial charge < -0.3 is 10.2 Å². The van der Waals surface area contributed by atoms with E-state index < -0.39 is 0 Å². The number of amides is 2. The summed E-state index contributed by atoms with van der Waals surface area (Å²) < 4.78 is 2.06. The van der Waals surface area contributed by atoms with Crippen molar-refractivity contribution in [2.24, 2.45) is 0 Å². The number of carbonyl (C=O) groups excluding carboxylic acids is 1. The number of fused-ring (bicyclic) bond motifs is 3. The van der Waals surface area contributed by atoms with Gasteiger partial charge in [0, 0.05) is 36.1 Å². The molecule has 0 fully saturated rings. The van der Waals surface area contributed by atoms with Crippen LogP contribution in [0, 0.1) is 13.8 Å². The molecule has 3 heterocycles. The number of aryl methyl sites for hydroxylation is 3. The number of hydrogen-bond donors (Lipinski definition) is 2. The molecule has 9 heteroatoms. The number of benzene rings is 1. The van der Waals surface area contributed by atoms with Crippen molar-refractivity contribution in [2.45, 2.75) is 33.1 Å². The average molecular weight is 502 g/mol. The van der Waals surface area contributed by atoms with Crippen molar-refractivity contribution in [1.82, 2.24) is 30.0 Å². The third-order valence-corrected chi connectivity index (χ3v) is 7.35. The lowest BCUT2D eigenvalue weighted by molar-refractivity contribution is 0.250. The number of likely N-dealkylation sites (N-methyl/N-ethyl adjacent to an activating group) is 1. The number of nitrogens with one attached hydrogen (secondary N) is 2. The Bertz CT molecular complexity index is 1390. The highest BCUT2D eigenvalue weighted by Gasteiger charge is 2.29. The predicted octanol–water partition coefficient (Wildman–Crippen LogP) is 4.85. The van der Waals surface area contributed by atoms with E-state index in [0.29, 0.717) is 11.7 Å². The van der Waals surface area contributed by atoms with Gasteiger partial charge in [-0.25, -0.2) is 14.5 Å². The third kappa shape index (κ3) is 4.89. The predicted molar refractivity (Wildman–Crippen MR) is 145 cm³/mol. The van der Waals surface area contributed by atoms with E-state index in [4.69, 9.17) is 10.1 Å². The molecular formula is C27H31N7OS. The van der Waals surface area contributed by atoms with Crippen molar-refractivity contribution in [1.29, 1.82) is 0 Å². The zero-order chi connectivity index (χ0) is 25.2. The molecule has 8 nitrogen and oxygen atoms in total. The number of anilines is 1. The minimum Gasteiger partial charge on any atom is -0.337 e. The van der Waals surface area contributed by atoms with E-state index in [1.54, 1.807) is 0 Å². The summed E-state index contributed by atoms with van der Waals surface area (Å²) in [7, 11) is 3.96. The highest BCUT2D eigenvalue weighted by molar-refractivity contribution is 7.19. The zero-order valence-electron chi connectivity index (χ0n) is 21.1. The third-order valence-electron chi connectivity index (χ3n) is 6.33. The second-order valence-electron chi connectivity index (χ2n) is 9.39. The Morgan fingerprint density at radius 1 is 1.14 bits per heavy atom. The number of aromatic nitrogens is 4. The summed E-state index contributed by atoms with van der Waals surface area (Å²) in [5, 5.41) is 11.6. The molecule has 0 spiro atoms. The maximum absolute atomic E-state index is 12.5. The summed E-state index contributed by atoms with van der Waals surface area (Å²) in [6.45, 7) is 5.44. The van der Waals surface area contributed by atoms with E-state index in [-0.39, 0.29) is 6.03 Å². The van der Waals surface area contributed by atoms with Gasteiger partial charge in [-0.2, -0.15) is 5.10 Å². The molecule has 1 aliphatic rings. The Labute approximate surface area is 215 Å². The van der Waals surface area contributed by atoms with Crippen molar-refractivity contribution < 1.29 is 4.79 Å². The largest absolute Gasteiger partial charge is 0.337 e. The number of carbonyl (C=O) groups is 1. The molecule has 3 aromatic heterocycles. The first-order chi connectivity index (χ1) is 17.4. The first-order valence-corrected chi connectivity index (χ1v) is 13.0. The first kappa shape index (κ1) is 24.1. The van der Waals surface area contributed by atoms with E-state index in [0.717, 1.165) is 70.3 Å². The van der Waals surface area contributed by atoms with Gasteiger partial charge in [0.25, 0.3) is 0 Å². The van der Waals surface area contributed by atoms with E-state index in [9.17, 15) is 4.79 Å². The van der Waals surface area contributed by atoms with Crippen LogP contribution in [0.25, 0.3) is 27.5 Å². The van der Waals surface area contributed by atoms with E-state index in [1.165, 1.54) is 16.9 Å². The summed E-state index contributed by atoms with van der Waals surface area (Å²) >= 11 is 1.52. The second kappa shape index (κ2) is 10.2. The molecule has 5 rings (SSSR count). The minimum atomic E-state index is -0.236. The van der Waals surface area contributed by atoms with Crippen LogP contribution in [0.2, 0.25) is 0 Å². The number of urea groups is 1. The Balaban J connectivity index is 1.58. The number of pyridine rings is 1. The molecule has 2 amide bonds. The molecule has 2 N–H and O–H groups in total. The number of thiazole rings is 1. The molecule has 4 aromatic rings. The van der Waals surface area contributed by atoms with E-state index in [1.807, 2.05) is 50.3 Å². The number of hydrogen-bond acceptors (Lipinski definition) is 6. The van der Waals surface area contributed by atoms with Crippen LogP contribution in [0.5, 0.6) is 0 Å². The average Bonchev–Trinajstić information content (AvgIpc) is 3.36. The molecular weight excluding hydrogens is 470 g/mol. The lowest BCUT2D eigenvalue weighted by Crippen LogP contribution is -2.34. The standard InChI is InChI=1S/C27H31N7OS/c1-17-8-5-6-11-22(17)34-24-20(23(32-34)19-13-12-18(2)29-16-19)9-7-10-21-25(24)36-27(30-21)31-26(35)28-14-15-33(3)4/h5-6,8,11-13,16H,7,9-10,14-15H2,1-4H3,(H2,28,30,31,35). The quantitative estimate of drug-likeness (QED) is 0.395. The molecule has 0 radical (unpaired) electrons. The molecule has 0 atom stereocenters. The van der Waals surface area contributed by atoms with Crippen LogP contribution in [0.3, 0.4) is 0 Å². The van der Waals surface area contributed by atoms with Crippen LogP contribution < -0.4 is 10.6 Å². The number of nitrogens with zero attached hydrogens (tertiary/aromatic N) is 5. The maximum Gasteiger partial charge on any atom is 0.321 e. The molecule has 36 heavy (non-hydrogen) atoms. The molecule has 1 aromatic carbocycles. The van der Waals surface area contributed by atoms with Crippen molar-refractivity contribution in [3.63, 3.8) is 0 Å². The molecule has 186 valence electrons. The van der Waals surface area contributed by atoms with Crippen molar-refractivity contribution in [3.05, 3.63) is 65.1 Å². The summed E-state index contributed by atoms with van der Waals surface area (Å²) in [5.74, 6) is 0. The highest BCUT2D eigenvalue weighted by atomic mass is 32.1. The Hall–Kier alpha value is -3.56. The Morgan fingerprint density at radius 2 is 1.97 bits per heavy atom. The van der Waals surface area contributed by atoms with Gasteiger partial charge >= 0.3 is 6.03 Å². The van der Waals surface area contributed by atoms with Crippen molar-refractivity contribution in [3.8, 4) is 27.5 Å². The number of para-hydroxylation sites is 1. The van der Waals surface area contributed by atoms with Gasteiger partial charge in [-0.1, -0.05) is 29.5 Å². The van der Waals surface area contributed by atoms with Gasteiger partial charge in [-0.15, -0.1) is 0 Å². The smallest absolute Gasteiger partial charge is 0.321 e. The summed E-state index contributed by atoms with van der Waals surface area (Å²) in [6.07, 6.45) is 4.62. The molecule has 0 saturated heterocycles. The molecule has 1 aliphatic carbocycles. The van der Waals surface area contributed by atoms with Gasteiger partial charge in [0.1, 0.15) is 0 Å². The van der Waals surface area contributed by atoms with Crippen LogP contribution in [0.15, 0.2) is 42.6 Å². The van der Waals surface area contributed by atoms with Gasteiger partial charge in [-0.05, 0) is 71.0 Å². The fourth-order valence-electron chi connectivity index (χ4n) is 4.46. The van der Waals surface area contributed by atoms with Crippen LogP contribution in [-0.2, 0) is 12.8 Å². The van der Waals surface area contributed by atoms with Crippen molar-refractivity contribution in [2.75, 3.05) is 32.5 Å². The fourth-order valence-corrected chi connectivity index (χ4v) is 5.53. The lowest BCUT2D eigenvalue weighted by Gasteiger charge is -2.10. The van der Waals surface area contributed by atoms with Gasteiger partial charge in [0.05, 0.1) is 27.6 Å². The van der Waals surface area contributed by atoms with Crippen LogP contribution in [-0.4, -0.2) is 57.9 Å². The molecule has 0 saturated carbocycles. The number of rotatable bonds is 6. The normalized spacial score (nSPS) is 12.7. The zero-order valence-corrected chi connectivity index (χ0v) is 21.9. The van der Waals surface area contributed by atoms with E-state index in [2.05, 4.69) is 45.4 Å². The SMILES string of the molecule is Cc1ccc(-c2nn(-c3ccccc3C)c3c2CCCc2nc(NC(=O)NCCN(C)C)sc2-3)cn1. The Kier molecular flexibility index (Phi) is 6.84. The fraction of sp³-hybridized carbons (Fsp3) is 0.333. The molecule has 0 unspecified atom stereocenters.